The number of alkyl carbamates (subject to hydrolysis) is 1. The van der Waals surface area contributed by atoms with Crippen molar-refractivity contribution in [1.29, 1.82) is 0 Å². The minimum absolute atomic E-state index is 0.0597. The van der Waals surface area contributed by atoms with E-state index in [-0.39, 0.29) is 25.2 Å². The summed E-state index contributed by atoms with van der Waals surface area (Å²) in [7, 11) is -2.44. The van der Waals surface area contributed by atoms with Gasteiger partial charge in [-0.15, -0.1) is 16.8 Å². The number of ether oxygens (including phenoxy) is 2. The zero-order chi connectivity index (χ0) is 38.2. The van der Waals surface area contributed by atoms with Gasteiger partial charge in [0.2, 0.25) is 27.7 Å². The number of alkyl halides is 3. The zero-order valence-corrected chi connectivity index (χ0v) is 29.8. The van der Waals surface area contributed by atoms with Gasteiger partial charge in [-0.1, -0.05) is 26.8 Å². The highest BCUT2D eigenvalue weighted by atomic mass is 32.2. The number of nitrogens with zero attached hydrogens (tertiary/aromatic N) is 5. The van der Waals surface area contributed by atoms with Gasteiger partial charge in [0.25, 0.3) is 5.91 Å². The maximum Gasteiger partial charge on any atom is 0.407 e. The number of amides is 4. The number of hydrogen-bond acceptors (Lipinski definition) is 11. The molecule has 4 amide bonds. The van der Waals surface area contributed by atoms with Crippen LogP contribution in [0.3, 0.4) is 0 Å². The molecular weight excluding hydrogens is 713 g/mol. The van der Waals surface area contributed by atoms with E-state index in [2.05, 4.69) is 37.3 Å². The average molecular weight is 755 g/mol. The molecule has 3 N–H and O–H groups in total. The van der Waals surface area contributed by atoms with Gasteiger partial charge in [0.05, 0.1) is 24.8 Å². The molecule has 2 aromatic rings. The molecule has 16 nitrogen and oxygen atoms in total. The number of likely N-dealkylation sites (tertiary alicyclic amines) is 1. The Kier molecular flexibility index (Phi) is 10.6. The molecule has 2 heterocycles. The summed E-state index contributed by atoms with van der Waals surface area (Å²) in [5.41, 5.74) is -2.08. The van der Waals surface area contributed by atoms with Crippen molar-refractivity contribution in [3.63, 3.8) is 0 Å². The quantitative estimate of drug-likeness (QED) is 0.253. The van der Waals surface area contributed by atoms with Gasteiger partial charge in [0, 0.05) is 24.4 Å². The number of hydrogen-bond donors (Lipinski definition) is 3. The van der Waals surface area contributed by atoms with Crippen LogP contribution in [0.25, 0.3) is 11.4 Å². The molecule has 0 spiro atoms. The Labute approximate surface area is 297 Å². The molecule has 0 radical (unpaired) electrons. The van der Waals surface area contributed by atoms with Gasteiger partial charge in [0.1, 0.15) is 30.0 Å². The van der Waals surface area contributed by atoms with Crippen molar-refractivity contribution in [3.05, 3.63) is 36.9 Å². The van der Waals surface area contributed by atoms with Gasteiger partial charge in [-0.2, -0.15) is 18.0 Å². The first-order valence-corrected chi connectivity index (χ1v) is 18.1. The van der Waals surface area contributed by atoms with E-state index in [9.17, 15) is 40.8 Å². The van der Waals surface area contributed by atoms with E-state index < -0.39 is 93.3 Å². The number of tetrazole rings is 1. The number of halogens is 3. The second-order valence-electron chi connectivity index (χ2n) is 14.2. The molecule has 1 aromatic carbocycles. The first-order valence-electron chi connectivity index (χ1n) is 16.5. The zero-order valence-electron chi connectivity index (χ0n) is 29.0. The maximum absolute atomic E-state index is 14.3. The molecule has 5 atom stereocenters. The third-order valence-electron chi connectivity index (χ3n) is 9.21. The van der Waals surface area contributed by atoms with Crippen molar-refractivity contribution in [2.24, 2.45) is 11.3 Å². The van der Waals surface area contributed by atoms with Gasteiger partial charge >= 0.3 is 12.3 Å². The van der Waals surface area contributed by atoms with Gasteiger partial charge in [0.15, 0.2) is 0 Å². The number of nitrogens with one attached hydrogen (secondary N) is 3. The van der Waals surface area contributed by atoms with Gasteiger partial charge in [-0.05, 0) is 54.2 Å². The SMILES string of the molecule is C=C[C@@H]1C[C@]1(NC(=O)[C@@H]1C[C@@H](n2nnc(-c3ccc(OC)cc3)n2)CN1C(=O)[C@@H](NC(=O)OCCC(F)(F)F)C(C)(C)C)C(=O)NS(=O)(=O)C1CC1. The number of sulfonamides is 1. The van der Waals surface area contributed by atoms with Crippen LogP contribution in [0.1, 0.15) is 58.9 Å². The van der Waals surface area contributed by atoms with E-state index in [4.69, 9.17) is 9.47 Å². The predicted octanol–water partition coefficient (Wildman–Crippen LogP) is 2.25. The molecule has 5 rings (SSSR count). The molecular formula is C32H41F3N8O8S. The molecule has 284 valence electrons. The number of benzene rings is 1. The summed E-state index contributed by atoms with van der Waals surface area (Å²) in [4.78, 5) is 56.8. The van der Waals surface area contributed by atoms with Crippen LogP contribution in [-0.4, -0.2) is 107 Å². The minimum Gasteiger partial charge on any atom is -0.497 e. The predicted molar refractivity (Wildman–Crippen MR) is 177 cm³/mol. The summed E-state index contributed by atoms with van der Waals surface area (Å²) in [6, 6.07) is 3.42. The molecule has 1 saturated heterocycles. The summed E-state index contributed by atoms with van der Waals surface area (Å²) in [5, 5.41) is 17.1. The topological polar surface area (TPSA) is 204 Å². The minimum atomic E-state index is -4.57. The van der Waals surface area contributed by atoms with Crippen LogP contribution in [0.5, 0.6) is 5.75 Å². The van der Waals surface area contributed by atoms with Crippen LogP contribution in [0, 0.1) is 11.3 Å². The van der Waals surface area contributed by atoms with Crippen LogP contribution in [0.2, 0.25) is 0 Å². The highest BCUT2D eigenvalue weighted by Gasteiger charge is 2.62. The largest absolute Gasteiger partial charge is 0.497 e. The number of carbonyl (C=O) groups is 4. The highest BCUT2D eigenvalue weighted by Crippen LogP contribution is 2.46. The van der Waals surface area contributed by atoms with E-state index in [0.717, 1.165) is 0 Å². The van der Waals surface area contributed by atoms with E-state index in [1.54, 1.807) is 45.0 Å². The van der Waals surface area contributed by atoms with Crippen LogP contribution in [0.4, 0.5) is 18.0 Å². The van der Waals surface area contributed by atoms with Crippen molar-refractivity contribution < 1.29 is 50.2 Å². The van der Waals surface area contributed by atoms with Crippen LogP contribution >= 0.6 is 0 Å². The molecule has 2 saturated carbocycles. The third-order valence-corrected chi connectivity index (χ3v) is 11.0. The molecule has 52 heavy (non-hydrogen) atoms. The first-order chi connectivity index (χ1) is 24.3. The number of methoxy groups -OCH3 is 1. The first kappa shape index (κ1) is 38.5. The molecule has 3 aliphatic rings. The summed E-state index contributed by atoms with van der Waals surface area (Å²) in [6.07, 6.45) is -5.02. The van der Waals surface area contributed by atoms with Crippen molar-refractivity contribution in [2.75, 3.05) is 20.3 Å². The summed E-state index contributed by atoms with van der Waals surface area (Å²) in [5.74, 6) is -2.26. The highest BCUT2D eigenvalue weighted by molar-refractivity contribution is 7.91. The van der Waals surface area contributed by atoms with Crippen molar-refractivity contribution in [2.45, 2.75) is 88.0 Å². The monoisotopic (exact) mass is 754 g/mol. The van der Waals surface area contributed by atoms with Crippen molar-refractivity contribution in [3.8, 4) is 17.1 Å². The molecule has 1 aliphatic heterocycles. The third kappa shape index (κ3) is 8.64. The summed E-state index contributed by atoms with van der Waals surface area (Å²) < 4.78 is 75.2. The fraction of sp³-hybridized carbons (Fsp3) is 0.594. The molecule has 0 unspecified atom stereocenters. The van der Waals surface area contributed by atoms with Crippen LogP contribution in [0.15, 0.2) is 36.9 Å². The number of aromatic nitrogens is 4. The lowest BCUT2D eigenvalue weighted by molar-refractivity contribution is -0.144. The van der Waals surface area contributed by atoms with E-state index >= 15 is 0 Å². The Bertz CT molecular complexity index is 1810. The van der Waals surface area contributed by atoms with Gasteiger partial charge in [-0.25, -0.2) is 13.2 Å². The van der Waals surface area contributed by atoms with E-state index in [1.807, 2.05) is 0 Å². The normalized spacial score (nSPS) is 23.7. The molecule has 20 heteroatoms. The molecule has 3 fully saturated rings. The average Bonchev–Trinajstić information content (AvgIpc) is 3.94. The van der Waals surface area contributed by atoms with Crippen molar-refractivity contribution >= 4 is 33.8 Å². The molecule has 2 aliphatic carbocycles. The van der Waals surface area contributed by atoms with Gasteiger partial charge in [-0.3, -0.25) is 19.1 Å². The van der Waals surface area contributed by atoms with Crippen molar-refractivity contribution in [1.82, 2.24) is 40.5 Å². The summed E-state index contributed by atoms with van der Waals surface area (Å²) in [6.45, 7) is 7.36. The molecule has 1 aromatic heterocycles. The second kappa shape index (κ2) is 14.3. The Morgan fingerprint density at radius 3 is 2.37 bits per heavy atom. The number of carbonyl (C=O) groups excluding carboxylic acids is 4. The van der Waals surface area contributed by atoms with E-state index in [1.165, 1.54) is 22.9 Å². The second-order valence-corrected chi connectivity index (χ2v) is 16.1. The number of rotatable bonds is 13. The van der Waals surface area contributed by atoms with Gasteiger partial charge < -0.3 is 25.0 Å². The lowest BCUT2D eigenvalue weighted by Gasteiger charge is -2.35. The lowest BCUT2D eigenvalue weighted by Crippen LogP contribution is -2.60. The van der Waals surface area contributed by atoms with Crippen LogP contribution < -0.4 is 20.1 Å². The fourth-order valence-corrected chi connectivity index (χ4v) is 7.33. The Morgan fingerprint density at radius 1 is 1.13 bits per heavy atom. The Hall–Kier alpha value is -4.75. The maximum atomic E-state index is 14.3. The van der Waals surface area contributed by atoms with E-state index in [0.29, 0.717) is 24.2 Å². The van der Waals surface area contributed by atoms with Crippen LogP contribution in [-0.2, 0) is 29.1 Å². The standard InChI is InChI=1S/C32H41F3N8O8S/c1-6-19-16-31(19,28(46)40-52(48,49)22-11-12-22)37-26(44)23-15-20(43-39-25(38-41-43)18-7-9-21(50-5)10-8-18)17-42(23)27(45)24(30(2,3)4)36-29(47)51-14-13-32(33,34)35/h6-10,19-20,22-24H,1,11-17H2,2-5H3,(H,36,47)(H,37,44)(H,40,46)/t19-,20-,23+,24-,31-/m1/s1. The Balaban J connectivity index is 1.41. The lowest BCUT2D eigenvalue weighted by atomic mass is 9.85. The summed E-state index contributed by atoms with van der Waals surface area (Å²) >= 11 is 0. The fourth-order valence-electron chi connectivity index (χ4n) is 5.96. The Morgan fingerprint density at radius 2 is 1.81 bits per heavy atom. The smallest absolute Gasteiger partial charge is 0.407 e. The molecule has 0 bridgehead atoms.